The first-order valence-corrected chi connectivity index (χ1v) is 9.28. The highest BCUT2D eigenvalue weighted by atomic mass is 16.5. The second-order valence-corrected chi connectivity index (χ2v) is 7.27. The number of nitrogens with zero attached hydrogens (tertiary/aromatic N) is 5. The molecular formula is C20H27N5O2. The summed E-state index contributed by atoms with van der Waals surface area (Å²) in [5.41, 5.74) is 2.86. The topological polar surface area (TPSA) is 71.5 Å². The van der Waals surface area contributed by atoms with Crippen molar-refractivity contribution in [2.75, 3.05) is 25.5 Å². The summed E-state index contributed by atoms with van der Waals surface area (Å²) in [5.74, 6) is 1.53. The molecule has 0 fully saturated rings. The predicted molar refractivity (Wildman–Crippen MR) is 104 cm³/mol. The average molecular weight is 369 g/mol. The molecule has 7 heteroatoms. The van der Waals surface area contributed by atoms with Gasteiger partial charge in [-0.2, -0.15) is 0 Å². The zero-order valence-corrected chi connectivity index (χ0v) is 16.6. The molecule has 27 heavy (non-hydrogen) atoms. The normalized spacial score (nSPS) is 14.8. The van der Waals surface area contributed by atoms with E-state index in [0.717, 1.165) is 29.1 Å². The van der Waals surface area contributed by atoms with E-state index in [9.17, 15) is 4.79 Å². The minimum Gasteiger partial charge on any atom is -0.366 e. The average Bonchev–Trinajstić information content (AvgIpc) is 2.66. The van der Waals surface area contributed by atoms with E-state index >= 15 is 0 Å². The van der Waals surface area contributed by atoms with Gasteiger partial charge in [0.05, 0.1) is 18.3 Å². The van der Waals surface area contributed by atoms with E-state index in [1.54, 1.807) is 12.4 Å². The fourth-order valence-corrected chi connectivity index (χ4v) is 3.32. The third kappa shape index (κ3) is 4.24. The number of amides is 1. The molecular weight excluding hydrogens is 342 g/mol. The summed E-state index contributed by atoms with van der Waals surface area (Å²) < 4.78 is 5.67. The van der Waals surface area contributed by atoms with Crippen LogP contribution in [0.3, 0.4) is 0 Å². The van der Waals surface area contributed by atoms with Gasteiger partial charge in [-0.25, -0.2) is 9.97 Å². The molecule has 0 N–H and O–H groups in total. The number of hydrogen-bond donors (Lipinski definition) is 0. The second kappa shape index (κ2) is 8.00. The molecule has 0 spiro atoms. The van der Waals surface area contributed by atoms with Crippen molar-refractivity contribution < 1.29 is 9.53 Å². The van der Waals surface area contributed by atoms with E-state index in [4.69, 9.17) is 14.7 Å². The molecule has 144 valence electrons. The molecule has 1 aliphatic rings. The Labute approximate surface area is 160 Å². The molecule has 0 saturated carbocycles. The first kappa shape index (κ1) is 19.2. The number of carbonyl (C=O) groups is 1. The zero-order valence-electron chi connectivity index (χ0n) is 16.6. The number of rotatable bonds is 5. The Kier molecular flexibility index (Phi) is 5.70. The van der Waals surface area contributed by atoms with E-state index in [0.29, 0.717) is 18.9 Å². The van der Waals surface area contributed by atoms with Crippen molar-refractivity contribution in [3.63, 3.8) is 0 Å². The molecule has 0 radical (unpaired) electrons. The molecule has 0 bridgehead atoms. The second-order valence-electron chi connectivity index (χ2n) is 7.27. The van der Waals surface area contributed by atoms with Gasteiger partial charge < -0.3 is 14.5 Å². The highest BCUT2D eigenvalue weighted by Gasteiger charge is 2.29. The van der Waals surface area contributed by atoms with Crippen molar-refractivity contribution >= 4 is 11.7 Å². The summed E-state index contributed by atoms with van der Waals surface area (Å²) in [6, 6.07) is 3.81. The van der Waals surface area contributed by atoms with Gasteiger partial charge in [-0.3, -0.25) is 9.78 Å². The largest absolute Gasteiger partial charge is 0.366 e. The minimum atomic E-state index is -0.459. The van der Waals surface area contributed by atoms with Crippen LogP contribution in [0.15, 0.2) is 24.5 Å². The molecule has 1 amide bonds. The Hall–Kier alpha value is -2.54. The quantitative estimate of drug-likeness (QED) is 0.805. The fraction of sp³-hybridized carbons (Fsp3) is 0.500. The van der Waals surface area contributed by atoms with Gasteiger partial charge in [0.25, 0.3) is 5.91 Å². The molecule has 2 aromatic heterocycles. The minimum absolute atomic E-state index is 0.00212. The Morgan fingerprint density at radius 1 is 1.26 bits per heavy atom. The lowest BCUT2D eigenvalue weighted by atomic mass is 10.0. The summed E-state index contributed by atoms with van der Waals surface area (Å²) >= 11 is 0. The number of pyridine rings is 1. The molecule has 1 atom stereocenters. The van der Waals surface area contributed by atoms with E-state index in [1.165, 1.54) is 0 Å². The summed E-state index contributed by atoms with van der Waals surface area (Å²) in [4.78, 5) is 30.3. The van der Waals surface area contributed by atoms with Crippen LogP contribution < -0.4 is 4.90 Å². The van der Waals surface area contributed by atoms with Crippen LogP contribution in [-0.4, -0.2) is 58.6 Å². The molecule has 3 rings (SSSR count). The first-order valence-electron chi connectivity index (χ1n) is 9.28. The van der Waals surface area contributed by atoms with Gasteiger partial charge in [0.1, 0.15) is 11.9 Å². The number of anilines is 1. The standard InChI is InChI=1S/C20H27N5O2/c1-13(2)27-14(3)20(26)25-10-8-16-17(12-25)22-18(23-19(16)24(4)5)15-7-6-9-21-11-15/h6-7,9,11,13-14H,8,10,12H2,1-5H3/t14-/m0/s1. The Morgan fingerprint density at radius 2 is 2.04 bits per heavy atom. The van der Waals surface area contributed by atoms with Crippen LogP contribution in [0.2, 0.25) is 0 Å². The van der Waals surface area contributed by atoms with Gasteiger partial charge in [-0.15, -0.1) is 0 Å². The SMILES string of the molecule is CC(C)O[C@@H](C)C(=O)N1CCc2c(nc(-c3cccnc3)nc2N(C)C)C1. The summed E-state index contributed by atoms with van der Waals surface area (Å²) in [7, 11) is 3.96. The lowest BCUT2D eigenvalue weighted by molar-refractivity contribution is -0.146. The summed E-state index contributed by atoms with van der Waals surface area (Å²) in [6.45, 7) is 6.80. The molecule has 0 unspecified atom stereocenters. The molecule has 0 saturated heterocycles. The van der Waals surface area contributed by atoms with Crippen molar-refractivity contribution in [1.82, 2.24) is 19.9 Å². The smallest absolute Gasteiger partial charge is 0.251 e. The maximum atomic E-state index is 12.8. The van der Waals surface area contributed by atoms with E-state index in [2.05, 4.69) is 4.98 Å². The van der Waals surface area contributed by atoms with Crippen LogP contribution in [0, 0.1) is 0 Å². The van der Waals surface area contributed by atoms with Gasteiger partial charge >= 0.3 is 0 Å². The predicted octanol–water partition coefficient (Wildman–Crippen LogP) is 2.30. The first-order chi connectivity index (χ1) is 12.9. The lowest BCUT2D eigenvalue weighted by Crippen LogP contribution is -2.43. The monoisotopic (exact) mass is 369 g/mol. The van der Waals surface area contributed by atoms with Crippen molar-refractivity contribution in [3.8, 4) is 11.4 Å². The van der Waals surface area contributed by atoms with Gasteiger partial charge in [0, 0.05) is 44.2 Å². The highest BCUT2D eigenvalue weighted by molar-refractivity contribution is 5.81. The summed E-state index contributed by atoms with van der Waals surface area (Å²) in [5, 5.41) is 0. The van der Waals surface area contributed by atoms with Crippen molar-refractivity contribution in [2.45, 2.75) is 45.9 Å². The van der Waals surface area contributed by atoms with E-state index in [-0.39, 0.29) is 12.0 Å². The maximum Gasteiger partial charge on any atom is 0.251 e. The third-order valence-electron chi connectivity index (χ3n) is 4.52. The zero-order chi connectivity index (χ0) is 19.6. The number of ether oxygens (including phenoxy) is 1. The summed E-state index contributed by atoms with van der Waals surface area (Å²) in [6.07, 6.45) is 3.77. The van der Waals surface area contributed by atoms with Crippen LogP contribution in [0.25, 0.3) is 11.4 Å². The van der Waals surface area contributed by atoms with Crippen LogP contribution in [-0.2, 0) is 22.5 Å². The van der Waals surface area contributed by atoms with E-state index in [1.807, 2.05) is 56.8 Å². The van der Waals surface area contributed by atoms with Crippen LogP contribution in [0.4, 0.5) is 5.82 Å². The Balaban J connectivity index is 1.92. The maximum absolute atomic E-state index is 12.8. The molecule has 1 aliphatic heterocycles. The van der Waals surface area contributed by atoms with Crippen LogP contribution in [0.1, 0.15) is 32.0 Å². The molecule has 2 aromatic rings. The molecule has 0 aliphatic carbocycles. The fourth-order valence-electron chi connectivity index (χ4n) is 3.32. The number of hydrogen-bond acceptors (Lipinski definition) is 6. The number of aromatic nitrogens is 3. The van der Waals surface area contributed by atoms with Gasteiger partial charge in [0.15, 0.2) is 5.82 Å². The Bertz CT molecular complexity index is 808. The van der Waals surface area contributed by atoms with E-state index < -0.39 is 6.10 Å². The lowest BCUT2D eigenvalue weighted by Gasteiger charge is -2.32. The number of fused-ring (bicyclic) bond motifs is 1. The van der Waals surface area contributed by atoms with Crippen LogP contribution >= 0.6 is 0 Å². The molecule has 3 heterocycles. The van der Waals surface area contributed by atoms with Crippen molar-refractivity contribution in [1.29, 1.82) is 0 Å². The molecule has 7 nitrogen and oxygen atoms in total. The third-order valence-corrected chi connectivity index (χ3v) is 4.52. The Morgan fingerprint density at radius 3 is 2.67 bits per heavy atom. The van der Waals surface area contributed by atoms with Crippen molar-refractivity contribution in [3.05, 3.63) is 35.8 Å². The van der Waals surface area contributed by atoms with Crippen molar-refractivity contribution in [2.24, 2.45) is 0 Å². The molecule has 0 aromatic carbocycles. The van der Waals surface area contributed by atoms with Gasteiger partial charge in [-0.05, 0) is 39.3 Å². The van der Waals surface area contributed by atoms with Crippen LogP contribution in [0.5, 0.6) is 0 Å². The van der Waals surface area contributed by atoms with Gasteiger partial charge in [0.2, 0.25) is 0 Å². The number of carbonyl (C=O) groups excluding carboxylic acids is 1. The van der Waals surface area contributed by atoms with Gasteiger partial charge in [-0.1, -0.05) is 0 Å². The highest BCUT2D eigenvalue weighted by Crippen LogP contribution is 2.28.